The van der Waals surface area contributed by atoms with E-state index in [0.29, 0.717) is 22.2 Å². The summed E-state index contributed by atoms with van der Waals surface area (Å²) < 4.78 is 38.6. The third-order valence-electron chi connectivity index (χ3n) is 4.49. The molecule has 29 heavy (non-hydrogen) atoms. The number of halogens is 1. The molecule has 1 aromatic heterocycles. The lowest BCUT2D eigenvalue weighted by Gasteiger charge is -2.12. The zero-order chi connectivity index (χ0) is 20.4. The highest BCUT2D eigenvalue weighted by molar-refractivity contribution is 7.70. The zero-order valence-corrected chi connectivity index (χ0v) is 16.0. The molecule has 6 nitrogen and oxygen atoms in total. The van der Waals surface area contributed by atoms with Crippen LogP contribution in [0.3, 0.4) is 0 Å². The lowest BCUT2D eigenvalue weighted by molar-refractivity contribution is 0.601. The van der Waals surface area contributed by atoms with Gasteiger partial charge in [0.2, 0.25) is 10.9 Å². The molecule has 8 heteroatoms. The second-order valence-electron chi connectivity index (χ2n) is 6.38. The van der Waals surface area contributed by atoms with Crippen LogP contribution in [-0.2, 0) is 17.4 Å². The van der Waals surface area contributed by atoms with Crippen LogP contribution in [0.25, 0.3) is 27.7 Å². The molecule has 4 rings (SSSR count). The van der Waals surface area contributed by atoms with Crippen molar-refractivity contribution in [3.63, 3.8) is 0 Å². The molecule has 0 saturated heterocycles. The third-order valence-corrected chi connectivity index (χ3v) is 4.91. The van der Waals surface area contributed by atoms with Crippen LogP contribution >= 0.6 is 0 Å². The van der Waals surface area contributed by atoms with Crippen molar-refractivity contribution in [3.05, 3.63) is 94.5 Å². The van der Waals surface area contributed by atoms with Gasteiger partial charge in [-0.1, -0.05) is 36.4 Å². The van der Waals surface area contributed by atoms with Crippen LogP contribution in [0, 0.1) is 5.82 Å². The SMILES string of the molecule is O=c1c2ccccc2c(-c2cccc(CN[SH](=O)=O)c2)nn1-c1ccc(F)cc1. The molecule has 0 bridgehead atoms. The molecule has 146 valence electrons. The summed E-state index contributed by atoms with van der Waals surface area (Å²) in [4.78, 5) is 13.0. The van der Waals surface area contributed by atoms with Gasteiger partial charge in [-0.05, 0) is 42.0 Å². The van der Waals surface area contributed by atoms with Gasteiger partial charge >= 0.3 is 0 Å². The van der Waals surface area contributed by atoms with Gasteiger partial charge in [-0.15, -0.1) is 0 Å². The van der Waals surface area contributed by atoms with E-state index in [2.05, 4.69) is 9.82 Å². The Balaban J connectivity index is 1.92. The summed E-state index contributed by atoms with van der Waals surface area (Å²) >= 11 is 0. The van der Waals surface area contributed by atoms with Crippen molar-refractivity contribution in [2.75, 3.05) is 0 Å². The fraction of sp³-hybridized carbons (Fsp3) is 0.0476. The Labute approximate surface area is 167 Å². The highest BCUT2D eigenvalue weighted by Gasteiger charge is 2.13. The quantitative estimate of drug-likeness (QED) is 0.497. The van der Waals surface area contributed by atoms with Crippen molar-refractivity contribution in [1.82, 2.24) is 14.5 Å². The average Bonchev–Trinajstić information content (AvgIpc) is 2.74. The minimum absolute atomic E-state index is 0.155. The average molecular weight is 409 g/mol. The van der Waals surface area contributed by atoms with Gasteiger partial charge in [0, 0.05) is 17.5 Å². The molecule has 0 saturated carbocycles. The summed E-state index contributed by atoms with van der Waals surface area (Å²) in [5.74, 6) is -0.403. The van der Waals surface area contributed by atoms with Gasteiger partial charge in [0.1, 0.15) is 5.82 Å². The van der Waals surface area contributed by atoms with E-state index in [0.717, 1.165) is 11.1 Å². The summed E-state index contributed by atoms with van der Waals surface area (Å²) in [7, 11) is -2.70. The van der Waals surface area contributed by atoms with Crippen molar-refractivity contribution < 1.29 is 12.8 Å². The molecular formula is C21H16FN3O3S. The molecule has 0 aliphatic heterocycles. The first kappa shape index (κ1) is 19.0. The first-order valence-corrected chi connectivity index (χ1v) is 9.96. The lowest BCUT2D eigenvalue weighted by Crippen LogP contribution is -2.22. The summed E-state index contributed by atoms with van der Waals surface area (Å²) in [5, 5.41) is 5.71. The van der Waals surface area contributed by atoms with Crippen LogP contribution in [0.1, 0.15) is 5.56 Å². The van der Waals surface area contributed by atoms with Crippen molar-refractivity contribution in [2.45, 2.75) is 6.54 Å². The second kappa shape index (κ2) is 7.94. The number of aromatic nitrogens is 2. The summed E-state index contributed by atoms with van der Waals surface area (Å²) in [6.07, 6.45) is 0. The van der Waals surface area contributed by atoms with E-state index in [9.17, 15) is 17.6 Å². The summed E-state index contributed by atoms with van der Waals surface area (Å²) in [6, 6.07) is 19.9. The molecule has 4 aromatic rings. The van der Waals surface area contributed by atoms with E-state index in [4.69, 9.17) is 0 Å². The Hall–Kier alpha value is -3.36. The molecule has 0 fully saturated rings. The highest BCUT2D eigenvalue weighted by atomic mass is 32.2. The molecule has 1 heterocycles. The standard InChI is InChI=1S/C21H16FN3O3S/c22-16-8-10-17(11-9-16)25-21(26)19-7-2-1-6-18(19)20(24-25)15-5-3-4-14(12-15)13-23-29(27)28/h1-12,29H,13H2,(H,23,27,28). The van der Waals surface area contributed by atoms with E-state index in [1.165, 1.54) is 28.9 Å². The Morgan fingerprint density at radius 2 is 1.66 bits per heavy atom. The Kier molecular flexibility index (Phi) is 5.20. The number of nitrogens with one attached hydrogen (secondary N) is 1. The minimum atomic E-state index is -2.70. The Bertz CT molecular complexity index is 1320. The second-order valence-corrected chi connectivity index (χ2v) is 7.21. The van der Waals surface area contributed by atoms with E-state index < -0.39 is 16.7 Å². The molecule has 3 aromatic carbocycles. The predicted molar refractivity (Wildman–Crippen MR) is 110 cm³/mol. The first-order valence-electron chi connectivity index (χ1n) is 8.78. The molecular weight excluding hydrogens is 393 g/mol. The fourth-order valence-corrected chi connectivity index (χ4v) is 3.46. The van der Waals surface area contributed by atoms with Crippen LogP contribution in [0.2, 0.25) is 0 Å². The van der Waals surface area contributed by atoms with E-state index in [1.807, 2.05) is 24.3 Å². The summed E-state index contributed by atoms with van der Waals surface area (Å²) in [5.41, 5.74) is 2.20. The highest BCUT2D eigenvalue weighted by Crippen LogP contribution is 2.26. The molecule has 0 aliphatic rings. The maximum absolute atomic E-state index is 13.3. The topological polar surface area (TPSA) is 81.1 Å². The summed E-state index contributed by atoms with van der Waals surface area (Å²) in [6.45, 7) is 0.155. The van der Waals surface area contributed by atoms with Gasteiger partial charge in [-0.3, -0.25) is 4.79 Å². The molecule has 0 aliphatic carbocycles. The number of fused-ring (bicyclic) bond motifs is 1. The maximum atomic E-state index is 13.3. The van der Waals surface area contributed by atoms with Crippen LogP contribution in [0.5, 0.6) is 0 Å². The largest absolute Gasteiger partial charge is 0.279 e. The molecule has 0 unspecified atom stereocenters. The number of rotatable bonds is 5. The maximum Gasteiger partial charge on any atom is 0.279 e. The normalized spacial score (nSPS) is 11.2. The van der Waals surface area contributed by atoms with Crippen molar-refractivity contribution in [3.8, 4) is 16.9 Å². The zero-order valence-electron chi connectivity index (χ0n) is 15.1. The number of nitrogens with zero attached hydrogens (tertiary/aromatic N) is 2. The van der Waals surface area contributed by atoms with Gasteiger partial charge in [-0.25, -0.2) is 17.5 Å². The Morgan fingerprint density at radius 3 is 2.38 bits per heavy atom. The lowest BCUT2D eigenvalue weighted by atomic mass is 10.0. The van der Waals surface area contributed by atoms with E-state index in [-0.39, 0.29) is 12.1 Å². The number of thiol groups is 1. The van der Waals surface area contributed by atoms with Gasteiger partial charge < -0.3 is 0 Å². The first-order chi connectivity index (χ1) is 14.0. The minimum Gasteiger partial charge on any atom is -0.267 e. The number of benzene rings is 3. The monoisotopic (exact) mass is 409 g/mol. The van der Waals surface area contributed by atoms with Gasteiger partial charge in [0.25, 0.3) is 5.56 Å². The molecule has 0 radical (unpaired) electrons. The number of hydrogen-bond donors (Lipinski definition) is 2. The van der Waals surface area contributed by atoms with Crippen molar-refractivity contribution in [1.29, 1.82) is 0 Å². The van der Waals surface area contributed by atoms with Crippen LogP contribution in [-0.4, -0.2) is 18.2 Å². The van der Waals surface area contributed by atoms with E-state index in [1.54, 1.807) is 24.3 Å². The number of hydrogen-bond acceptors (Lipinski definition) is 4. The fourth-order valence-electron chi connectivity index (χ4n) is 3.14. The van der Waals surface area contributed by atoms with Crippen molar-refractivity contribution in [2.24, 2.45) is 0 Å². The van der Waals surface area contributed by atoms with Crippen LogP contribution in [0.4, 0.5) is 4.39 Å². The third kappa shape index (κ3) is 3.94. The van der Waals surface area contributed by atoms with Crippen molar-refractivity contribution >= 4 is 21.7 Å². The molecule has 0 spiro atoms. The van der Waals surface area contributed by atoms with Crippen LogP contribution in [0.15, 0.2) is 77.6 Å². The molecule has 1 N–H and O–H groups in total. The predicted octanol–water partition coefficient (Wildman–Crippen LogP) is 2.81. The van der Waals surface area contributed by atoms with Gasteiger partial charge in [0.15, 0.2) is 0 Å². The van der Waals surface area contributed by atoms with Gasteiger partial charge in [-0.2, -0.15) is 9.78 Å². The molecule has 0 amide bonds. The van der Waals surface area contributed by atoms with Gasteiger partial charge in [0.05, 0.1) is 16.8 Å². The smallest absolute Gasteiger partial charge is 0.267 e. The Morgan fingerprint density at radius 1 is 0.931 bits per heavy atom. The van der Waals surface area contributed by atoms with Crippen LogP contribution < -0.4 is 10.3 Å². The molecule has 0 atom stereocenters. The van der Waals surface area contributed by atoms with E-state index >= 15 is 0 Å².